The zero-order valence-corrected chi connectivity index (χ0v) is 12.3. The molecule has 2 aromatic rings. The number of ketones is 1. The van der Waals surface area contributed by atoms with E-state index in [-0.39, 0.29) is 11.5 Å². The molecule has 22 heavy (non-hydrogen) atoms. The standard InChI is InChI=1S/C17H16O5/c1-11(17(20)21-2)22-15-9-5-13(6-10-15)16(19)12-3-7-14(18)8-4-12/h3-11,18H,1-2H3. The second kappa shape index (κ2) is 6.76. The molecule has 0 aliphatic heterocycles. The number of esters is 1. The Balaban J connectivity index is 2.10. The lowest BCUT2D eigenvalue weighted by Gasteiger charge is -2.12. The lowest BCUT2D eigenvalue weighted by molar-refractivity contribution is -0.147. The molecule has 0 bridgehead atoms. The van der Waals surface area contributed by atoms with Crippen molar-refractivity contribution in [3.05, 3.63) is 59.7 Å². The summed E-state index contributed by atoms with van der Waals surface area (Å²) >= 11 is 0. The fraction of sp³-hybridized carbons (Fsp3) is 0.176. The van der Waals surface area contributed by atoms with Crippen molar-refractivity contribution in [3.8, 4) is 11.5 Å². The number of aromatic hydroxyl groups is 1. The zero-order chi connectivity index (χ0) is 16.1. The van der Waals surface area contributed by atoms with E-state index in [1.54, 1.807) is 43.3 Å². The van der Waals surface area contributed by atoms with Gasteiger partial charge in [-0.2, -0.15) is 0 Å². The molecule has 1 atom stereocenters. The second-order valence-electron chi connectivity index (χ2n) is 4.68. The predicted molar refractivity (Wildman–Crippen MR) is 80.1 cm³/mol. The highest BCUT2D eigenvalue weighted by molar-refractivity contribution is 6.09. The van der Waals surface area contributed by atoms with Gasteiger partial charge in [0.1, 0.15) is 11.5 Å². The first-order chi connectivity index (χ1) is 10.5. The van der Waals surface area contributed by atoms with Gasteiger partial charge >= 0.3 is 5.97 Å². The van der Waals surface area contributed by atoms with Crippen LogP contribution in [0.25, 0.3) is 0 Å². The van der Waals surface area contributed by atoms with E-state index in [2.05, 4.69) is 4.74 Å². The highest BCUT2D eigenvalue weighted by Crippen LogP contribution is 2.18. The molecular formula is C17H16O5. The van der Waals surface area contributed by atoms with E-state index >= 15 is 0 Å². The molecule has 0 amide bonds. The predicted octanol–water partition coefficient (Wildman–Crippen LogP) is 2.56. The van der Waals surface area contributed by atoms with Gasteiger partial charge in [0, 0.05) is 11.1 Å². The fourth-order valence-electron chi connectivity index (χ4n) is 1.88. The molecule has 5 nitrogen and oxygen atoms in total. The number of hydrogen-bond donors (Lipinski definition) is 1. The summed E-state index contributed by atoms with van der Waals surface area (Å²) in [5.41, 5.74) is 0.971. The van der Waals surface area contributed by atoms with Gasteiger partial charge in [-0.1, -0.05) is 0 Å². The van der Waals surface area contributed by atoms with E-state index in [1.807, 2.05) is 0 Å². The smallest absolute Gasteiger partial charge is 0.346 e. The number of phenolic OH excluding ortho intramolecular Hbond substituents is 1. The molecule has 0 saturated carbocycles. The highest BCUT2D eigenvalue weighted by Gasteiger charge is 2.15. The van der Waals surface area contributed by atoms with E-state index < -0.39 is 12.1 Å². The third-order valence-electron chi connectivity index (χ3n) is 3.09. The largest absolute Gasteiger partial charge is 0.508 e. The Bertz CT molecular complexity index is 658. The maximum Gasteiger partial charge on any atom is 0.346 e. The molecule has 2 rings (SSSR count). The fourth-order valence-corrected chi connectivity index (χ4v) is 1.88. The van der Waals surface area contributed by atoms with E-state index in [0.717, 1.165) is 0 Å². The van der Waals surface area contributed by atoms with E-state index in [9.17, 15) is 14.7 Å². The number of hydrogen-bond acceptors (Lipinski definition) is 5. The number of ether oxygens (including phenoxy) is 2. The van der Waals surface area contributed by atoms with Gasteiger partial charge in [-0.15, -0.1) is 0 Å². The number of methoxy groups -OCH3 is 1. The van der Waals surface area contributed by atoms with Crippen LogP contribution < -0.4 is 4.74 Å². The molecule has 114 valence electrons. The molecule has 0 aliphatic carbocycles. The SMILES string of the molecule is COC(=O)C(C)Oc1ccc(C(=O)c2ccc(O)cc2)cc1. The monoisotopic (exact) mass is 300 g/mol. The van der Waals surface area contributed by atoms with Crippen LogP contribution in [0.15, 0.2) is 48.5 Å². The van der Waals surface area contributed by atoms with Crippen LogP contribution in [0.3, 0.4) is 0 Å². The zero-order valence-electron chi connectivity index (χ0n) is 12.3. The number of phenols is 1. The van der Waals surface area contributed by atoms with Gasteiger partial charge in [-0.25, -0.2) is 4.79 Å². The minimum atomic E-state index is -0.719. The Morgan fingerprint density at radius 1 is 0.955 bits per heavy atom. The van der Waals surface area contributed by atoms with Crippen molar-refractivity contribution >= 4 is 11.8 Å². The Morgan fingerprint density at radius 3 is 1.95 bits per heavy atom. The molecule has 0 fully saturated rings. The summed E-state index contributed by atoms with van der Waals surface area (Å²) in [5, 5.41) is 9.23. The van der Waals surface area contributed by atoms with Crippen LogP contribution in [-0.2, 0) is 9.53 Å². The van der Waals surface area contributed by atoms with Crippen LogP contribution in [0.1, 0.15) is 22.8 Å². The maximum absolute atomic E-state index is 12.2. The van der Waals surface area contributed by atoms with Crippen molar-refractivity contribution in [2.75, 3.05) is 7.11 Å². The van der Waals surface area contributed by atoms with E-state index in [1.165, 1.54) is 19.2 Å². The van der Waals surface area contributed by atoms with Crippen LogP contribution in [0.4, 0.5) is 0 Å². The summed E-state index contributed by atoms with van der Waals surface area (Å²) in [6.45, 7) is 1.58. The first-order valence-electron chi connectivity index (χ1n) is 6.69. The highest BCUT2D eigenvalue weighted by atomic mass is 16.6. The lowest BCUT2D eigenvalue weighted by Crippen LogP contribution is -2.24. The van der Waals surface area contributed by atoms with Crippen LogP contribution in [-0.4, -0.2) is 30.1 Å². The Hall–Kier alpha value is -2.82. The molecule has 0 saturated heterocycles. The van der Waals surface area contributed by atoms with Crippen LogP contribution >= 0.6 is 0 Å². The Labute approximate surface area is 128 Å². The number of benzene rings is 2. The van der Waals surface area contributed by atoms with Crippen LogP contribution in [0.5, 0.6) is 11.5 Å². The summed E-state index contributed by atoms with van der Waals surface area (Å²) in [4.78, 5) is 23.5. The van der Waals surface area contributed by atoms with Crippen LogP contribution in [0.2, 0.25) is 0 Å². The van der Waals surface area contributed by atoms with Gasteiger partial charge in [0.15, 0.2) is 11.9 Å². The molecule has 1 N–H and O–H groups in total. The van der Waals surface area contributed by atoms with Gasteiger partial charge in [0.2, 0.25) is 0 Å². The van der Waals surface area contributed by atoms with Crippen molar-refractivity contribution in [2.45, 2.75) is 13.0 Å². The first kappa shape index (κ1) is 15.6. The third-order valence-corrected chi connectivity index (χ3v) is 3.09. The van der Waals surface area contributed by atoms with Gasteiger partial charge in [-0.05, 0) is 55.5 Å². The van der Waals surface area contributed by atoms with E-state index in [0.29, 0.717) is 16.9 Å². The average Bonchev–Trinajstić information content (AvgIpc) is 2.54. The van der Waals surface area contributed by atoms with Crippen molar-refractivity contribution in [3.63, 3.8) is 0 Å². The normalized spacial score (nSPS) is 11.5. The molecule has 0 aromatic heterocycles. The van der Waals surface area contributed by atoms with Crippen LogP contribution in [0, 0.1) is 0 Å². The molecule has 5 heteroatoms. The van der Waals surface area contributed by atoms with Crippen molar-refractivity contribution in [1.29, 1.82) is 0 Å². The summed E-state index contributed by atoms with van der Waals surface area (Å²) in [6, 6.07) is 12.5. The van der Waals surface area contributed by atoms with Gasteiger partial charge in [0.25, 0.3) is 0 Å². The Kier molecular flexibility index (Phi) is 4.78. The minimum absolute atomic E-state index is 0.108. The number of carbonyl (C=O) groups excluding carboxylic acids is 2. The van der Waals surface area contributed by atoms with Gasteiger partial charge < -0.3 is 14.6 Å². The van der Waals surface area contributed by atoms with Crippen molar-refractivity contribution < 1.29 is 24.2 Å². The lowest BCUT2D eigenvalue weighted by atomic mass is 10.0. The summed E-state index contributed by atoms with van der Waals surface area (Å²) in [5.74, 6) is -0.0472. The van der Waals surface area contributed by atoms with E-state index in [4.69, 9.17) is 4.74 Å². The molecule has 0 spiro atoms. The molecule has 0 heterocycles. The summed E-state index contributed by atoms with van der Waals surface area (Å²) in [7, 11) is 1.29. The number of carbonyl (C=O) groups is 2. The van der Waals surface area contributed by atoms with Gasteiger partial charge in [0.05, 0.1) is 7.11 Å². The topological polar surface area (TPSA) is 72.8 Å². The van der Waals surface area contributed by atoms with Gasteiger partial charge in [-0.3, -0.25) is 4.79 Å². The molecule has 0 radical (unpaired) electrons. The van der Waals surface area contributed by atoms with Crippen molar-refractivity contribution in [2.24, 2.45) is 0 Å². The third kappa shape index (κ3) is 3.63. The second-order valence-corrected chi connectivity index (χ2v) is 4.68. The molecule has 1 unspecified atom stereocenters. The Morgan fingerprint density at radius 2 is 1.45 bits per heavy atom. The summed E-state index contributed by atoms with van der Waals surface area (Å²) < 4.78 is 9.98. The molecular weight excluding hydrogens is 284 g/mol. The first-order valence-corrected chi connectivity index (χ1v) is 6.69. The maximum atomic E-state index is 12.2. The average molecular weight is 300 g/mol. The minimum Gasteiger partial charge on any atom is -0.508 e. The molecule has 2 aromatic carbocycles. The quantitative estimate of drug-likeness (QED) is 0.678. The molecule has 0 aliphatic rings. The van der Waals surface area contributed by atoms with Crippen molar-refractivity contribution in [1.82, 2.24) is 0 Å². The number of rotatable bonds is 5. The summed E-state index contributed by atoms with van der Waals surface area (Å²) in [6.07, 6.45) is -0.719.